The number of aliphatic hydroxyl groups is 8. The number of nitrogens with two attached hydrogens (primary N) is 1. The maximum Gasteiger partial charge on any atom is 0.330 e. The van der Waals surface area contributed by atoms with Crippen molar-refractivity contribution in [2.45, 2.75) is 157 Å². The van der Waals surface area contributed by atoms with Gasteiger partial charge in [0, 0.05) is 25.5 Å². The Hall–Kier alpha value is -11.5. The second-order valence-electron chi connectivity index (χ2n) is 27.9. The highest BCUT2D eigenvalue weighted by atomic mass is 35.5. The van der Waals surface area contributed by atoms with Crippen LogP contribution in [0.15, 0.2) is 127 Å². The molecule has 14 rings (SSSR count). The molecule has 114 heavy (non-hydrogen) atoms. The Bertz CT molecular complexity index is 4840. The third-order valence-corrected chi connectivity index (χ3v) is 19.6. The van der Waals surface area contributed by atoms with Crippen LogP contribution >= 0.6 is 11.6 Å². The fourth-order valence-electron chi connectivity index (χ4n) is 13.5. The zero-order valence-electron chi connectivity index (χ0n) is 60.8. The molecule has 37 heteroatoms. The van der Waals surface area contributed by atoms with Crippen LogP contribution in [0.3, 0.4) is 0 Å². The molecule has 0 aliphatic carbocycles. The van der Waals surface area contributed by atoms with Crippen LogP contribution in [-0.2, 0) is 65.6 Å². The van der Waals surface area contributed by atoms with E-state index in [-0.39, 0.29) is 80.0 Å². The number of phenols is 3. The number of phenolic OH excluding ortho intramolecular Hbond substituents is 3. The van der Waals surface area contributed by atoms with E-state index in [1.54, 1.807) is 32.9 Å². The van der Waals surface area contributed by atoms with Crippen molar-refractivity contribution < 1.29 is 138 Å². The molecular weight excluding hydrogens is 1520 g/mol. The average molecular weight is 1600 g/mol. The van der Waals surface area contributed by atoms with E-state index in [4.69, 9.17) is 55.2 Å². The normalized spacial score (nSPS) is 26.7. The number of fused-ring (bicyclic) bond motifs is 15. The van der Waals surface area contributed by atoms with Crippen LogP contribution in [0.4, 0.5) is 0 Å². The third kappa shape index (κ3) is 17.9. The molecule has 18 atom stereocenters. The molecule has 7 amide bonds. The second-order valence-corrected chi connectivity index (χ2v) is 28.3. The molecule has 0 spiro atoms. The van der Waals surface area contributed by atoms with E-state index < -0.39 is 217 Å². The minimum absolute atomic E-state index is 0.111. The number of carboxylic acid groups (broad SMARTS) is 1. The van der Waals surface area contributed by atoms with E-state index >= 15 is 24.0 Å². The van der Waals surface area contributed by atoms with Crippen molar-refractivity contribution in [3.05, 3.63) is 182 Å². The largest absolute Gasteiger partial charge is 0.508 e. The molecule has 7 aromatic rings. The maximum atomic E-state index is 16.4. The molecule has 36 nitrogen and oxygen atoms in total. The monoisotopic (exact) mass is 1600 g/mol. The molecule has 604 valence electrons. The number of ether oxygens (including phenoxy) is 8. The first-order valence-corrected chi connectivity index (χ1v) is 36.0. The van der Waals surface area contributed by atoms with Gasteiger partial charge in [0.05, 0.1) is 30.9 Å². The van der Waals surface area contributed by atoms with E-state index in [1.807, 2.05) is 0 Å². The van der Waals surface area contributed by atoms with Crippen molar-refractivity contribution in [2.75, 3.05) is 13.2 Å². The molecule has 13 bridgehead atoms. The topological polar surface area (TPSA) is 563 Å². The van der Waals surface area contributed by atoms with Crippen LogP contribution in [0.5, 0.6) is 63.2 Å². The van der Waals surface area contributed by atoms with Gasteiger partial charge in [0.2, 0.25) is 53.4 Å². The highest BCUT2D eigenvalue weighted by molar-refractivity contribution is 6.32. The van der Waals surface area contributed by atoms with Crippen molar-refractivity contribution in [1.82, 2.24) is 37.2 Å². The smallest absolute Gasteiger partial charge is 0.330 e. The van der Waals surface area contributed by atoms with Gasteiger partial charge in [0.15, 0.2) is 35.3 Å². The number of aryl methyl sites for hydroxylation is 1. The van der Waals surface area contributed by atoms with Gasteiger partial charge < -0.3 is 142 Å². The van der Waals surface area contributed by atoms with Crippen LogP contribution in [-0.4, -0.2) is 201 Å². The number of halogens is 1. The lowest BCUT2D eigenvalue weighted by atomic mass is 9.95. The van der Waals surface area contributed by atoms with Crippen LogP contribution in [0, 0.1) is 6.92 Å². The van der Waals surface area contributed by atoms with Crippen molar-refractivity contribution >= 4 is 58.9 Å². The number of nitrogens with one attached hydrogen (secondary N) is 7. The van der Waals surface area contributed by atoms with Crippen molar-refractivity contribution in [1.29, 1.82) is 0 Å². The molecule has 2 saturated heterocycles. The molecule has 0 saturated carbocycles. The zero-order valence-corrected chi connectivity index (χ0v) is 61.5. The number of carbonyl (C=O) groups is 8. The standard InChI is InChI=1S/C77H81ClN8O28/c1-30(2)107-68-51-23-40-24-52(68)111-49-14-11-37(21-45(49)78)67(114-76-60(80-32(4)90)64(96)62(94)53(28-88)112-76)61(74(104)85-59(75(105)106)39-18-42(92)26-44(20-39)109-77-66(98)65(97)63(95)54(29-89)113-77)86-71(101)56(35-8-5-33(27-87)6-9-35)83-73(103)58(40)84-72(102)57-38-17-41(91)25-43(19-38)108-50-22-36(10-12-47(50)93)55(79)70(100)81-46(69(99)82-57)16-34-7-13-48(110-51)31(3)15-34/h5-15,17-26,30,46,53-67,76-77,87-89,91-98H,16,27-29,79H2,1-4H3,(H,80,90)(H,81,100)(H,82,99)(H,83,103)(H,84,102)(H,85,104)(H,86,101)(H,105,106)/t46-,53?,54?,55-,56-,57?,58-,59+,60?,61+,62-,63-,64?,65?,66?,67-,76+,77+/m1/s1. The lowest BCUT2D eigenvalue weighted by molar-refractivity contribution is -0.284. The first kappa shape index (κ1) is 82.0. The Morgan fingerprint density at radius 2 is 1.18 bits per heavy atom. The SMILES string of the molecule is CC(=O)NC1C(O)[C@H](O)C(CO)O[C@H]1O[C@@H]1c2ccc(c(Cl)c2)Oc2cc3cc(c2OC(C)C)Oc2ccc(cc2C)C[C@H]2NC(=O)[C@H](N)c4ccc(O)c(c4)Oc4cc(O)cc(c4)C(NC2=O)C(=O)N[C@H]3C(=O)N[C@H](c2ccc(CO)cc2)C(=O)N[C@@H]1C(=O)N[C@H](C(=O)O)c1cc(O)cc(O[C@H]2OC(CO)[C@@H](O)C(O)C2O)c1. The number of carbonyl (C=O) groups excluding carboxylic acids is 7. The Morgan fingerprint density at radius 1 is 0.588 bits per heavy atom. The summed E-state index contributed by atoms with van der Waals surface area (Å²) in [7, 11) is 0. The van der Waals surface area contributed by atoms with Gasteiger partial charge in [-0.3, -0.25) is 33.6 Å². The Labute approximate surface area is 652 Å². The highest BCUT2D eigenvalue weighted by Crippen LogP contribution is 2.48. The molecule has 21 N–H and O–H groups in total. The molecule has 7 aromatic carbocycles. The fraction of sp³-hybridized carbons (Fsp3) is 0.351. The van der Waals surface area contributed by atoms with Crippen LogP contribution in [0.2, 0.25) is 5.02 Å². The summed E-state index contributed by atoms with van der Waals surface area (Å²) in [5, 5.41) is 148. The molecule has 7 aliphatic rings. The van der Waals surface area contributed by atoms with Gasteiger partial charge in [0.25, 0.3) is 0 Å². The number of rotatable bonds is 15. The number of hydrogen-bond donors (Lipinski definition) is 20. The zero-order chi connectivity index (χ0) is 82.0. The molecule has 7 heterocycles. The molecule has 0 radical (unpaired) electrons. The van der Waals surface area contributed by atoms with Crippen molar-refractivity contribution in [2.24, 2.45) is 5.73 Å². The van der Waals surface area contributed by atoms with Gasteiger partial charge >= 0.3 is 5.97 Å². The summed E-state index contributed by atoms with van der Waals surface area (Å²) in [4.78, 5) is 121. The van der Waals surface area contributed by atoms with Crippen LogP contribution < -0.4 is 66.6 Å². The number of benzene rings is 7. The van der Waals surface area contributed by atoms with Gasteiger partial charge in [-0.2, -0.15) is 0 Å². The summed E-state index contributed by atoms with van der Waals surface area (Å²) in [5.41, 5.74) is 6.20. The Morgan fingerprint density at radius 3 is 1.81 bits per heavy atom. The Balaban J connectivity index is 1.06. The average Bonchev–Trinajstić information content (AvgIpc) is 0.775. The number of hydrogen-bond acceptors (Lipinski definition) is 28. The first-order valence-electron chi connectivity index (χ1n) is 35.6. The van der Waals surface area contributed by atoms with Crippen molar-refractivity contribution in [3.8, 4) is 63.2 Å². The number of aromatic hydroxyl groups is 3. The predicted molar refractivity (Wildman–Crippen MR) is 391 cm³/mol. The van der Waals surface area contributed by atoms with Gasteiger partial charge in [-0.25, -0.2) is 4.79 Å². The van der Waals surface area contributed by atoms with Gasteiger partial charge in [-0.15, -0.1) is 0 Å². The summed E-state index contributed by atoms with van der Waals surface area (Å²) in [5.74, 6) is -14.1. The van der Waals surface area contributed by atoms with E-state index in [0.29, 0.717) is 11.1 Å². The second kappa shape index (κ2) is 34.5. The van der Waals surface area contributed by atoms with Gasteiger partial charge in [0.1, 0.15) is 126 Å². The molecule has 7 aliphatic heterocycles. The molecule has 0 aromatic heterocycles. The molecular formula is C77H81ClN8O28. The van der Waals surface area contributed by atoms with Gasteiger partial charge in [-0.05, 0) is 138 Å². The first-order chi connectivity index (χ1) is 54.3. The van der Waals surface area contributed by atoms with Crippen LogP contribution in [0.1, 0.15) is 107 Å². The highest BCUT2D eigenvalue weighted by Gasteiger charge is 2.50. The minimum Gasteiger partial charge on any atom is -0.508 e. The number of aliphatic hydroxyl groups excluding tert-OH is 8. The Kier molecular flexibility index (Phi) is 24.8. The number of carboxylic acids is 1. The summed E-state index contributed by atoms with van der Waals surface area (Å²) >= 11 is 7.32. The van der Waals surface area contributed by atoms with Gasteiger partial charge in [-0.1, -0.05) is 60.1 Å². The van der Waals surface area contributed by atoms with E-state index in [0.717, 1.165) is 43.3 Å². The van der Waals surface area contributed by atoms with E-state index in [1.165, 1.54) is 78.9 Å². The summed E-state index contributed by atoms with van der Waals surface area (Å²) in [6.07, 6.45) is -20.4. The maximum absolute atomic E-state index is 16.4. The predicted octanol–water partition coefficient (Wildman–Crippen LogP) is 0.969. The molecule has 2 fully saturated rings. The summed E-state index contributed by atoms with van der Waals surface area (Å²) in [6, 6.07) is 9.64. The number of aliphatic carboxylic acids is 1. The van der Waals surface area contributed by atoms with Crippen molar-refractivity contribution in [3.63, 3.8) is 0 Å². The fourth-order valence-corrected chi connectivity index (χ4v) is 13.7. The minimum atomic E-state index is -2.48. The lowest BCUT2D eigenvalue weighted by Crippen LogP contribution is -2.65. The summed E-state index contributed by atoms with van der Waals surface area (Å²) in [6.45, 7) is 3.46. The third-order valence-electron chi connectivity index (χ3n) is 19.3. The summed E-state index contributed by atoms with van der Waals surface area (Å²) < 4.78 is 50.0. The van der Waals surface area contributed by atoms with Crippen LogP contribution in [0.25, 0.3) is 0 Å². The quantitative estimate of drug-likeness (QED) is 0.0680. The lowest BCUT2D eigenvalue weighted by Gasteiger charge is -2.44. The molecule has 7 unspecified atom stereocenters. The van der Waals surface area contributed by atoms with E-state index in [2.05, 4.69) is 37.2 Å². The van der Waals surface area contributed by atoms with E-state index in [9.17, 15) is 75.7 Å². The number of amides is 7.